The Kier molecular flexibility index (Phi) is 4.26. The van der Waals surface area contributed by atoms with Crippen molar-refractivity contribution in [1.82, 2.24) is 4.90 Å². The third-order valence-electron chi connectivity index (χ3n) is 3.05. The van der Waals surface area contributed by atoms with Gasteiger partial charge in [0.05, 0.1) is 5.56 Å². The molecule has 1 heterocycles. The maximum atomic E-state index is 11.9. The summed E-state index contributed by atoms with van der Waals surface area (Å²) in [5, 5.41) is 10.1. The molecule has 0 spiro atoms. The first kappa shape index (κ1) is 13.0. The van der Waals surface area contributed by atoms with Crippen molar-refractivity contribution in [2.75, 3.05) is 13.1 Å². The number of hydrogen-bond acceptors (Lipinski definition) is 3. The van der Waals surface area contributed by atoms with E-state index in [9.17, 15) is 9.90 Å². The Balaban J connectivity index is 2.06. The number of piperidine rings is 1. The summed E-state index contributed by atoms with van der Waals surface area (Å²) in [5.74, 6) is -0.256. The van der Waals surface area contributed by atoms with Gasteiger partial charge in [-0.05, 0) is 37.5 Å². The summed E-state index contributed by atoms with van der Waals surface area (Å²) in [6.45, 7) is 1.98. The van der Waals surface area contributed by atoms with Gasteiger partial charge in [-0.1, -0.05) is 11.6 Å². The molecule has 1 N–H and O–H groups in total. The molecule has 1 aromatic carbocycles. The molecule has 0 atom stereocenters. The maximum Gasteiger partial charge on any atom is 0.191 e. The third kappa shape index (κ3) is 3.26. The predicted molar refractivity (Wildman–Crippen MR) is 72.0 cm³/mol. The van der Waals surface area contributed by atoms with E-state index in [-0.39, 0.29) is 17.1 Å². The van der Waals surface area contributed by atoms with Crippen LogP contribution in [0.25, 0.3) is 0 Å². The van der Waals surface area contributed by atoms with E-state index in [4.69, 9.17) is 11.6 Å². The predicted octanol–water partition coefficient (Wildman–Crippen LogP) is 3.23. The number of rotatable bonds is 3. The molecular formula is C14H16ClNO2. The van der Waals surface area contributed by atoms with Gasteiger partial charge in [0, 0.05) is 30.4 Å². The standard InChI is InChI=1S/C14H16ClNO2/c15-11-4-5-13(17)12(10-11)14(18)6-9-16-7-2-1-3-8-16/h4-6,9-10,17H,1-3,7-8H2. The lowest BCUT2D eigenvalue weighted by Gasteiger charge is -2.24. The lowest BCUT2D eigenvalue weighted by molar-refractivity contribution is 0.104. The lowest BCUT2D eigenvalue weighted by Crippen LogP contribution is -2.24. The molecule has 0 amide bonds. The minimum Gasteiger partial charge on any atom is -0.507 e. The first-order valence-corrected chi connectivity index (χ1v) is 6.50. The topological polar surface area (TPSA) is 40.5 Å². The van der Waals surface area contributed by atoms with E-state index in [1.165, 1.54) is 37.5 Å². The van der Waals surface area contributed by atoms with Crippen LogP contribution in [0.1, 0.15) is 29.6 Å². The van der Waals surface area contributed by atoms with Gasteiger partial charge in [0.25, 0.3) is 0 Å². The van der Waals surface area contributed by atoms with E-state index in [0.717, 1.165) is 13.1 Å². The normalized spacial score (nSPS) is 16.2. The number of allylic oxidation sites excluding steroid dienone is 1. The van der Waals surface area contributed by atoms with Gasteiger partial charge in [-0.15, -0.1) is 0 Å². The molecule has 0 bridgehead atoms. The summed E-state index contributed by atoms with van der Waals surface area (Å²) in [7, 11) is 0. The molecule has 2 rings (SSSR count). The number of phenols is 1. The second-order valence-corrected chi connectivity index (χ2v) is 4.87. The van der Waals surface area contributed by atoms with E-state index in [1.54, 1.807) is 6.07 Å². The highest BCUT2D eigenvalue weighted by molar-refractivity contribution is 6.31. The van der Waals surface area contributed by atoms with Crippen LogP contribution >= 0.6 is 11.6 Å². The summed E-state index contributed by atoms with van der Waals surface area (Å²) in [5.41, 5.74) is 0.246. The van der Waals surface area contributed by atoms with Gasteiger partial charge in [-0.3, -0.25) is 4.79 Å². The highest BCUT2D eigenvalue weighted by Crippen LogP contribution is 2.22. The van der Waals surface area contributed by atoms with Crippen molar-refractivity contribution in [1.29, 1.82) is 0 Å². The van der Waals surface area contributed by atoms with Crippen molar-refractivity contribution < 1.29 is 9.90 Å². The molecule has 96 valence electrons. The van der Waals surface area contributed by atoms with E-state index < -0.39 is 0 Å². The number of hydrogen-bond donors (Lipinski definition) is 1. The Hall–Kier alpha value is -1.48. The average molecular weight is 266 g/mol. The van der Waals surface area contributed by atoms with Gasteiger partial charge in [0.2, 0.25) is 0 Å². The molecule has 1 aliphatic rings. The smallest absolute Gasteiger partial charge is 0.191 e. The van der Waals surface area contributed by atoms with Crippen LogP contribution in [-0.4, -0.2) is 28.9 Å². The fraction of sp³-hybridized carbons (Fsp3) is 0.357. The molecule has 0 saturated carbocycles. The molecule has 1 aromatic rings. The second kappa shape index (κ2) is 5.91. The van der Waals surface area contributed by atoms with Crippen LogP contribution in [0.3, 0.4) is 0 Å². The number of benzene rings is 1. The molecular weight excluding hydrogens is 250 g/mol. The highest BCUT2D eigenvalue weighted by atomic mass is 35.5. The second-order valence-electron chi connectivity index (χ2n) is 4.44. The van der Waals surface area contributed by atoms with Crippen molar-refractivity contribution in [2.24, 2.45) is 0 Å². The van der Waals surface area contributed by atoms with Crippen LogP contribution in [0.5, 0.6) is 5.75 Å². The number of likely N-dealkylation sites (tertiary alicyclic amines) is 1. The number of carbonyl (C=O) groups excluding carboxylic acids is 1. The Bertz CT molecular complexity index is 465. The monoisotopic (exact) mass is 265 g/mol. The van der Waals surface area contributed by atoms with Crippen LogP contribution < -0.4 is 0 Å². The lowest BCUT2D eigenvalue weighted by atomic mass is 10.1. The van der Waals surface area contributed by atoms with E-state index in [2.05, 4.69) is 4.90 Å². The van der Waals surface area contributed by atoms with Gasteiger partial charge < -0.3 is 10.0 Å². The molecule has 0 aliphatic carbocycles. The summed E-state index contributed by atoms with van der Waals surface area (Å²) in [6.07, 6.45) is 6.90. The van der Waals surface area contributed by atoms with E-state index >= 15 is 0 Å². The number of phenolic OH excluding ortho intramolecular Hbond substituents is 1. The molecule has 18 heavy (non-hydrogen) atoms. The van der Waals surface area contributed by atoms with Crippen molar-refractivity contribution in [3.05, 3.63) is 41.1 Å². The minimum atomic E-state index is -0.222. The van der Waals surface area contributed by atoms with E-state index in [0.29, 0.717) is 5.02 Å². The van der Waals surface area contributed by atoms with Crippen molar-refractivity contribution in [2.45, 2.75) is 19.3 Å². The van der Waals surface area contributed by atoms with Gasteiger partial charge in [-0.2, -0.15) is 0 Å². The van der Waals surface area contributed by atoms with Crippen LogP contribution in [0.15, 0.2) is 30.5 Å². The number of carbonyl (C=O) groups is 1. The largest absolute Gasteiger partial charge is 0.507 e. The van der Waals surface area contributed by atoms with Crippen molar-refractivity contribution >= 4 is 17.4 Å². The van der Waals surface area contributed by atoms with Gasteiger partial charge in [-0.25, -0.2) is 0 Å². The maximum absolute atomic E-state index is 11.9. The molecule has 0 aromatic heterocycles. The first-order chi connectivity index (χ1) is 8.66. The van der Waals surface area contributed by atoms with Crippen molar-refractivity contribution in [3.8, 4) is 5.75 Å². The Morgan fingerprint density at radius 3 is 2.72 bits per heavy atom. The van der Waals surface area contributed by atoms with Crippen LogP contribution in [0, 0.1) is 0 Å². The molecule has 1 aliphatic heterocycles. The number of aromatic hydroxyl groups is 1. The molecule has 0 radical (unpaired) electrons. The van der Waals surface area contributed by atoms with Crippen LogP contribution in [0.4, 0.5) is 0 Å². The average Bonchev–Trinajstić information content (AvgIpc) is 2.40. The Morgan fingerprint density at radius 1 is 1.28 bits per heavy atom. The third-order valence-corrected chi connectivity index (χ3v) is 3.29. The quantitative estimate of drug-likeness (QED) is 0.674. The summed E-state index contributed by atoms with van der Waals surface area (Å²) in [4.78, 5) is 14.1. The first-order valence-electron chi connectivity index (χ1n) is 6.12. The highest BCUT2D eigenvalue weighted by Gasteiger charge is 2.10. The zero-order valence-electron chi connectivity index (χ0n) is 10.1. The summed E-state index contributed by atoms with van der Waals surface area (Å²) in [6, 6.07) is 4.48. The number of nitrogens with zero attached hydrogens (tertiary/aromatic N) is 1. The van der Waals surface area contributed by atoms with Gasteiger partial charge >= 0.3 is 0 Å². The minimum absolute atomic E-state index is 0.0345. The fourth-order valence-electron chi connectivity index (χ4n) is 2.04. The van der Waals surface area contributed by atoms with Gasteiger partial charge in [0.15, 0.2) is 5.78 Å². The molecule has 1 saturated heterocycles. The molecule has 4 heteroatoms. The SMILES string of the molecule is O=C(C=CN1CCCCC1)c1cc(Cl)ccc1O. The molecule has 0 unspecified atom stereocenters. The van der Waals surface area contributed by atoms with Crippen LogP contribution in [-0.2, 0) is 0 Å². The fourth-order valence-corrected chi connectivity index (χ4v) is 2.21. The Labute approximate surface area is 112 Å². The zero-order chi connectivity index (χ0) is 13.0. The zero-order valence-corrected chi connectivity index (χ0v) is 10.9. The summed E-state index contributed by atoms with van der Waals surface area (Å²) < 4.78 is 0. The molecule has 3 nitrogen and oxygen atoms in total. The number of halogens is 1. The molecule has 1 fully saturated rings. The van der Waals surface area contributed by atoms with Crippen molar-refractivity contribution in [3.63, 3.8) is 0 Å². The van der Waals surface area contributed by atoms with E-state index in [1.807, 2.05) is 6.20 Å². The summed E-state index contributed by atoms with van der Waals surface area (Å²) >= 11 is 5.81. The van der Waals surface area contributed by atoms with Crippen LogP contribution in [0.2, 0.25) is 5.02 Å². The van der Waals surface area contributed by atoms with Gasteiger partial charge in [0.1, 0.15) is 5.75 Å². The Morgan fingerprint density at radius 2 is 2.00 bits per heavy atom. The number of ketones is 1.